The maximum atomic E-state index is 11.5. The third-order valence-corrected chi connectivity index (χ3v) is 9.14. The average molecular weight is 642 g/mol. The zero-order valence-electron chi connectivity index (χ0n) is 29.1. The van der Waals surface area contributed by atoms with Gasteiger partial charge in [-0.1, -0.05) is 118 Å². The zero-order chi connectivity index (χ0) is 33.8. The summed E-state index contributed by atoms with van der Waals surface area (Å²) in [5.41, 5.74) is 5.46. The minimum absolute atomic E-state index is 0.149. The molecule has 0 spiro atoms. The Bertz CT molecular complexity index is 1530. The summed E-state index contributed by atoms with van der Waals surface area (Å²) in [6.45, 7) is 11.2. The maximum absolute atomic E-state index is 11.5. The first-order valence-corrected chi connectivity index (χ1v) is 17.5. The van der Waals surface area contributed by atoms with Gasteiger partial charge in [-0.25, -0.2) is 9.98 Å². The van der Waals surface area contributed by atoms with Gasteiger partial charge in [-0.2, -0.15) is 0 Å². The molecule has 47 heavy (non-hydrogen) atoms. The van der Waals surface area contributed by atoms with E-state index in [4.69, 9.17) is 14.7 Å². The van der Waals surface area contributed by atoms with Gasteiger partial charge in [0.25, 0.3) is 0 Å². The van der Waals surface area contributed by atoms with E-state index in [-0.39, 0.29) is 24.5 Å². The van der Waals surface area contributed by atoms with Crippen molar-refractivity contribution >= 4 is 12.2 Å². The Morgan fingerprint density at radius 3 is 2.02 bits per heavy atom. The first-order chi connectivity index (χ1) is 22.7. The van der Waals surface area contributed by atoms with Crippen LogP contribution in [0.3, 0.4) is 0 Å². The molecule has 0 saturated carbocycles. The predicted molar refractivity (Wildman–Crippen MR) is 193 cm³/mol. The standard InChI is InChI=1S/C40H55N3O4/c1-6-7-8-9-10-11-12-13-14-15-22-47-26-33(44)25-32-18-21-36(38(46)37(32)45)40(35-20-17-29(3)24-31(35)5)42-27-41-39(43-40)34-19-16-28(2)23-30(34)4/h16-21,23-24,27,33,44-46H,6-15,22,25-26H2,1-5H3,(H,41,42,43). The molecule has 3 aromatic carbocycles. The molecule has 7 nitrogen and oxygen atoms in total. The lowest BCUT2D eigenvalue weighted by molar-refractivity contribution is 0.0352. The predicted octanol–water partition coefficient (Wildman–Crippen LogP) is 8.45. The fourth-order valence-corrected chi connectivity index (χ4v) is 6.53. The topological polar surface area (TPSA) is 107 Å². The summed E-state index contributed by atoms with van der Waals surface area (Å²) in [6, 6.07) is 15.7. The summed E-state index contributed by atoms with van der Waals surface area (Å²) in [5.74, 6) is 0.0385. The van der Waals surface area contributed by atoms with Gasteiger partial charge >= 0.3 is 0 Å². The van der Waals surface area contributed by atoms with Crippen LogP contribution >= 0.6 is 0 Å². The molecule has 0 saturated heterocycles. The van der Waals surface area contributed by atoms with Gasteiger partial charge in [0, 0.05) is 29.7 Å². The number of hydrogen-bond donors (Lipinski definition) is 4. The summed E-state index contributed by atoms with van der Waals surface area (Å²) >= 11 is 0. The quantitative estimate of drug-likeness (QED) is 0.0824. The Hall–Kier alpha value is -3.68. The molecule has 1 aliphatic heterocycles. The number of phenolic OH excluding ortho intramolecular Hbond substituents is 2. The molecule has 0 aliphatic carbocycles. The van der Waals surface area contributed by atoms with Crippen LogP contribution in [0.25, 0.3) is 0 Å². The second-order valence-electron chi connectivity index (χ2n) is 13.3. The van der Waals surface area contributed by atoms with Crippen LogP contribution in [-0.2, 0) is 16.8 Å². The van der Waals surface area contributed by atoms with Gasteiger partial charge in [0.15, 0.2) is 11.5 Å². The van der Waals surface area contributed by atoms with Gasteiger partial charge in [-0.3, -0.25) is 0 Å². The molecule has 1 heterocycles. The van der Waals surface area contributed by atoms with E-state index in [2.05, 4.69) is 31.3 Å². The van der Waals surface area contributed by atoms with Gasteiger partial charge < -0.3 is 25.4 Å². The largest absolute Gasteiger partial charge is 0.504 e. The lowest BCUT2D eigenvalue weighted by Gasteiger charge is -2.33. The molecule has 0 amide bonds. The highest BCUT2D eigenvalue weighted by Gasteiger charge is 2.40. The van der Waals surface area contributed by atoms with Crippen LogP contribution in [0, 0.1) is 27.7 Å². The number of amidine groups is 1. The van der Waals surface area contributed by atoms with Crippen molar-refractivity contribution in [3.05, 3.63) is 93.0 Å². The third-order valence-electron chi connectivity index (χ3n) is 9.14. The number of nitrogens with one attached hydrogen (secondary N) is 1. The molecule has 0 radical (unpaired) electrons. The fourth-order valence-electron chi connectivity index (χ4n) is 6.53. The van der Waals surface area contributed by atoms with E-state index in [9.17, 15) is 15.3 Å². The lowest BCUT2D eigenvalue weighted by Crippen LogP contribution is -2.37. The number of aliphatic imine (C=N–C) groups is 2. The van der Waals surface area contributed by atoms with Crippen molar-refractivity contribution in [2.45, 2.75) is 117 Å². The number of ether oxygens (including phenoxy) is 1. The average Bonchev–Trinajstić information content (AvgIpc) is 3.04. The summed E-state index contributed by atoms with van der Waals surface area (Å²) in [5, 5.41) is 36.7. The van der Waals surface area contributed by atoms with Crippen molar-refractivity contribution in [2.75, 3.05) is 13.2 Å². The second-order valence-corrected chi connectivity index (χ2v) is 13.3. The van der Waals surface area contributed by atoms with Crippen molar-refractivity contribution in [2.24, 2.45) is 9.98 Å². The van der Waals surface area contributed by atoms with E-state index in [0.29, 0.717) is 23.6 Å². The molecule has 2 atom stereocenters. The maximum Gasteiger partial charge on any atom is 0.209 e. The SMILES string of the molecule is CCCCCCCCCCCCOCC(O)Cc1ccc(C2(c3ccc(C)cc3C)N=CNC(c3ccc(C)cc3C)=N2)c(O)c1O. The Balaban J connectivity index is 1.45. The van der Waals surface area contributed by atoms with Crippen molar-refractivity contribution in [3.8, 4) is 11.5 Å². The molecule has 4 rings (SSSR count). The summed E-state index contributed by atoms with van der Waals surface area (Å²) in [7, 11) is 0. The van der Waals surface area contributed by atoms with Gasteiger partial charge in [0.1, 0.15) is 5.84 Å². The Kier molecular flexibility index (Phi) is 13.4. The first kappa shape index (κ1) is 36.2. The number of aliphatic hydroxyl groups excluding tert-OH is 1. The van der Waals surface area contributed by atoms with Gasteiger partial charge in [0.2, 0.25) is 5.66 Å². The van der Waals surface area contributed by atoms with Crippen molar-refractivity contribution in [1.82, 2.24) is 5.32 Å². The molecule has 3 aromatic rings. The van der Waals surface area contributed by atoms with Gasteiger partial charge in [0.05, 0.1) is 24.6 Å². The number of aliphatic hydroxyl groups is 1. The van der Waals surface area contributed by atoms with Crippen molar-refractivity contribution < 1.29 is 20.1 Å². The fraction of sp³-hybridized carbons (Fsp3) is 0.500. The van der Waals surface area contributed by atoms with E-state index in [1.54, 1.807) is 18.5 Å². The van der Waals surface area contributed by atoms with Crippen molar-refractivity contribution in [1.29, 1.82) is 0 Å². The number of benzene rings is 3. The summed E-state index contributed by atoms with van der Waals surface area (Å²) in [4.78, 5) is 10.0. The van der Waals surface area contributed by atoms with E-state index in [1.165, 1.54) is 51.4 Å². The third kappa shape index (κ3) is 9.45. The number of phenols is 2. The van der Waals surface area contributed by atoms with Crippen LogP contribution in [0.4, 0.5) is 0 Å². The number of hydrogen-bond acceptors (Lipinski definition) is 7. The second kappa shape index (κ2) is 17.5. The minimum atomic E-state index is -1.34. The molecule has 0 aromatic heterocycles. The molecule has 4 N–H and O–H groups in total. The molecule has 2 unspecified atom stereocenters. The van der Waals surface area contributed by atoms with Crippen LogP contribution in [0.1, 0.15) is 116 Å². The van der Waals surface area contributed by atoms with E-state index < -0.39 is 11.8 Å². The molecular formula is C40H55N3O4. The zero-order valence-corrected chi connectivity index (χ0v) is 29.1. The Morgan fingerprint density at radius 1 is 0.745 bits per heavy atom. The molecular weight excluding hydrogens is 586 g/mol. The number of aromatic hydroxyl groups is 2. The van der Waals surface area contributed by atoms with Crippen molar-refractivity contribution in [3.63, 3.8) is 0 Å². The highest BCUT2D eigenvalue weighted by atomic mass is 16.5. The van der Waals surface area contributed by atoms with Crippen LogP contribution in [0.15, 0.2) is 58.5 Å². The van der Waals surface area contributed by atoms with E-state index in [0.717, 1.165) is 46.2 Å². The number of aryl methyl sites for hydroxylation is 4. The van der Waals surface area contributed by atoms with Crippen LogP contribution in [-0.4, -0.2) is 46.8 Å². The Morgan fingerprint density at radius 2 is 1.36 bits per heavy atom. The lowest BCUT2D eigenvalue weighted by atomic mass is 9.86. The van der Waals surface area contributed by atoms with Crippen LogP contribution in [0.5, 0.6) is 11.5 Å². The normalized spacial score (nSPS) is 16.6. The summed E-state index contributed by atoms with van der Waals surface area (Å²) in [6.07, 6.45) is 13.6. The number of nitrogens with zero attached hydrogens (tertiary/aromatic N) is 2. The van der Waals surface area contributed by atoms with E-state index in [1.807, 2.05) is 45.0 Å². The smallest absolute Gasteiger partial charge is 0.209 e. The van der Waals surface area contributed by atoms with Crippen LogP contribution in [0.2, 0.25) is 0 Å². The van der Waals surface area contributed by atoms with Gasteiger partial charge in [-0.05, 0) is 51.3 Å². The van der Waals surface area contributed by atoms with E-state index >= 15 is 0 Å². The van der Waals surface area contributed by atoms with Gasteiger partial charge in [-0.15, -0.1) is 0 Å². The molecule has 7 heteroatoms. The molecule has 0 bridgehead atoms. The monoisotopic (exact) mass is 641 g/mol. The summed E-state index contributed by atoms with van der Waals surface area (Å²) < 4.78 is 5.76. The van der Waals surface area contributed by atoms with Crippen LogP contribution < -0.4 is 5.32 Å². The first-order valence-electron chi connectivity index (χ1n) is 17.5. The molecule has 0 fully saturated rings. The molecule has 254 valence electrons. The highest BCUT2D eigenvalue weighted by molar-refractivity contribution is 6.07. The highest BCUT2D eigenvalue weighted by Crippen LogP contribution is 2.46. The minimum Gasteiger partial charge on any atom is -0.504 e. The molecule has 1 aliphatic rings. The Labute approximate surface area is 281 Å². The number of rotatable bonds is 18. The number of unbranched alkanes of at least 4 members (excludes halogenated alkanes) is 9.